The highest BCUT2D eigenvalue weighted by Crippen LogP contribution is 2.24. The van der Waals surface area contributed by atoms with E-state index >= 15 is 0 Å². The van der Waals surface area contributed by atoms with Crippen LogP contribution in [0.2, 0.25) is 5.02 Å². The zero-order valence-electron chi connectivity index (χ0n) is 12.5. The predicted octanol–water partition coefficient (Wildman–Crippen LogP) is 3.23. The van der Waals surface area contributed by atoms with Gasteiger partial charge in [-0.15, -0.1) is 11.8 Å². The molecule has 23 heavy (non-hydrogen) atoms. The van der Waals surface area contributed by atoms with Gasteiger partial charge in [0.1, 0.15) is 17.4 Å². The van der Waals surface area contributed by atoms with E-state index in [2.05, 4.69) is 10.3 Å². The lowest BCUT2D eigenvalue weighted by Gasteiger charge is -2.12. The summed E-state index contributed by atoms with van der Waals surface area (Å²) in [7, 11) is 0. The third kappa shape index (κ3) is 6.09. The number of nitrogens with zero attached hydrogens (tertiary/aromatic N) is 1. The molecule has 0 spiro atoms. The molecule has 0 aliphatic rings. The molecular formula is C16H17ClN2O3S. The van der Waals surface area contributed by atoms with Gasteiger partial charge in [0.25, 0.3) is 0 Å². The number of aliphatic hydroxyl groups excluding tert-OH is 1. The Balaban J connectivity index is 1.76. The van der Waals surface area contributed by atoms with Gasteiger partial charge >= 0.3 is 0 Å². The van der Waals surface area contributed by atoms with Crippen molar-refractivity contribution in [1.29, 1.82) is 0 Å². The van der Waals surface area contributed by atoms with E-state index in [0.29, 0.717) is 27.2 Å². The minimum absolute atomic E-state index is 0.126. The molecule has 0 saturated carbocycles. The van der Waals surface area contributed by atoms with E-state index in [4.69, 9.17) is 16.3 Å². The molecular weight excluding hydrogens is 336 g/mol. The third-order valence-electron chi connectivity index (χ3n) is 2.75. The number of carbonyl (C=O) groups excluding carboxylic acids is 1. The Morgan fingerprint density at radius 2 is 2.13 bits per heavy atom. The number of hydrogen-bond donors (Lipinski definition) is 2. The van der Waals surface area contributed by atoms with Crippen LogP contribution < -0.4 is 10.1 Å². The zero-order valence-corrected chi connectivity index (χ0v) is 14.1. The van der Waals surface area contributed by atoms with Crippen LogP contribution in [0.5, 0.6) is 5.75 Å². The number of hydrogen-bond acceptors (Lipinski definition) is 5. The summed E-state index contributed by atoms with van der Waals surface area (Å²) in [6.07, 6.45) is 1.02. The van der Waals surface area contributed by atoms with Crippen LogP contribution in [0.15, 0.2) is 47.6 Å². The minimum atomic E-state index is -0.645. The molecule has 0 saturated heterocycles. The Bertz CT molecular complexity index is 652. The van der Waals surface area contributed by atoms with Crippen LogP contribution in [0.4, 0.5) is 5.69 Å². The maximum absolute atomic E-state index is 10.9. The van der Waals surface area contributed by atoms with E-state index in [0.717, 1.165) is 0 Å². The van der Waals surface area contributed by atoms with E-state index in [9.17, 15) is 9.90 Å². The maximum atomic E-state index is 10.9. The normalized spacial score (nSPS) is 11.8. The van der Waals surface area contributed by atoms with Gasteiger partial charge in [-0.2, -0.15) is 0 Å². The van der Waals surface area contributed by atoms with Crippen LogP contribution >= 0.6 is 23.4 Å². The number of carbonyl (C=O) groups is 1. The summed E-state index contributed by atoms with van der Waals surface area (Å²) in [6.45, 7) is 1.61. The van der Waals surface area contributed by atoms with Gasteiger partial charge in [0.2, 0.25) is 5.91 Å². The summed E-state index contributed by atoms with van der Waals surface area (Å²) in [4.78, 5) is 15.1. The quantitative estimate of drug-likeness (QED) is 0.748. The largest absolute Gasteiger partial charge is 0.491 e. The summed E-state index contributed by atoms with van der Waals surface area (Å²) < 4.78 is 5.52. The van der Waals surface area contributed by atoms with Crippen molar-refractivity contribution in [1.82, 2.24) is 4.98 Å². The maximum Gasteiger partial charge on any atom is 0.221 e. The van der Waals surface area contributed by atoms with Gasteiger partial charge in [-0.05, 0) is 36.4 Å². The number of thioether (sulfide) groups is 1. The van der Waals surface area contributed by atoms with Crippen molar-refractivity contribution in [3.05, 3.63) is 47.6 Å². The van der Waals surface area contributed by atoms with Crippen LogP contribution in [-0.2, 0) is 4.79 Å². The summed E-state index contributed by atoms with van der Waals surface area (Å²) in [5.74, 6) is 0.930. The second kappa shape index (κ2) is 8.76. The first-order valence-electron chi connectivity index (χ1n) is 6.96. The molecule has 0 aliphatic carbocycles. The van der Waals surface area contributed by atoms with Gasteiger partial charge in [-0.1, -0.05) is 11.6 Å². The molecule has 0 aliphatic heterocycles. The van der Waals surface area contributed by atoms with Crippen molar-refractivity contribution >= 4 is 35.0 Å². The fourth-order valence-corrected chi connectivity index (χ4v) is 2.80. The molecule has 1 atom stereocenters. The lowest BCUT2D eigenvalue weighted by atomic mass is 10.3. The Morgan fingerprint density at radius 1 is 1.39 bits per heavy atom. The van der Waals surface area contributed by atoms with Crippen LogP contribution in [-0.4, -0.2) is 34.5 Å². The smallest absolute Gasteiger partial charge is 0.221 e. The number of halogens is 1. The van der Waals surface area contributed by atoms with E-state index < -0.39 is 6.10 Å². The number of pyridine rings is 1. The van der Waals surface area contributed by atoms with Crippen molar-refractivity contribution < 1.29 is 14.6 Å². The monoisotopic (exact) mass is 352 g/mol. The summed E-state index contributed by atoms with van der Waals surface area (Å²) in [6, 6.07) is 10.5. The number of benzene rings is 1. The van der Waals surface area contributed by atoms with Crippen molar-refractivity contribution in [3.8, 4) is 5.75 Å². The first kappa shape index (κ1) is 17.6. The molecule has 1 aromatic carbocycles. The van der Waals surface area contributed by atoms with Crippen molar-refractivity contribution in [2.45, 2.75) is 18.1 Å². The molecule has 1 aromatic heterocycles. The van der Waals surface area contributed by atoms with Gasteiger partial charge in [0.05, 0.1) is 11.1 Å². The first-order valence-corrected chi connectivity index (χ1v) is 8.33. The molecule has 1 unspecified atom stereocenters. The number of anilines is 1. The summed E-state index contributed by atoms with van der Waals surface area (Å²) >= 11 is 7.38. The van der Waals surface area contributed by atoms with Crippen LogP contribution in [0.1, 0.15) is 6.92 Å². The van der Waals surface area contributed by atoms with Crippen molar-refractivity contribution in [2.24, 2.45) is 0 Å². The summed E-state index contributed by atoms with van der Waals surface area (Å²) in [5, 5.41) is 13.9. The Labute approximate surface area is 144 Å². The lowest BCUT2D eigenvalue weighted by Crippen LogP contribution is -2.20. The summed E-state index contributed by atoms with van der Waals surface area (Å²) in [5.41, 5.74) is 0.700. The molecule has 2 N–H and O–H groups in total. The molecule has 5 nitrogen and oxygen atoms in total. The second-order valence-electron chi connectivity index (χ2n) is 4.77. The molecule has 7 heteroatoms. The van der Waals surface area contributed by atoms with E-state index in [1.165, 1.54) is 18.7 Å². The SMILES string of the molecule is CC(=O)Nc1ccc(OCC(O)CSc2ncccc2Cl)cc1. The van der Waals surface area contributed by atoms with E-state index in [1.54, 1.807) is 42.6 Å². The number of rotatable bonds is 7. The predicted molar refractivity (Wildman–Crippen MR) is 92.2 cm³/mol. The average Bonchev–Trinajstić information content (AvgIpc) is 2.53. The molecule has 2 rings (SSSR count). The molecule has 122 valence electrons. The third-order valence-corrected chi connectivity index (χ3v) is 4.32. The Kier molecular flexibility index (Phi) is 6.70. The number of aliphatic hydroxyl groups is 1. The van der Waals surface area contributed by atoms with Gasteiger partial charge in [-0.25, -0.2) is 4.98 Å². The molecule has 0 radical (unpaired) electrons. The second-order valence-corrected chi connectivity index (χ2v) is 6.19. The topological polar surface area (TPSA) is 71.5 Å². The number of amides is 1. The highest BCUT2D eigenvalue weighted by molar-refractivity contribution is 7.99. The van der Waals surface area contributed by atoms with Gasteiger partial charge < -0.3 is 15.2 Å². The molecule has 0 fully saturated rings. The highest BCUT2D eigenvalue weighted by atomic mass is 35.5. The van der Waals surface area contributed by atoms with Crippen LogP contribution in [0, 0.1) is 0 Å². The first-order chi connectivity index (χ1) is 11.0. The fraction of sp³-hybridized carbons (Fsp3) is 0.250. The number of aromatic nitrogens is 1. The Morgan fingerprint density at radius 3 is 2.78 bits per heavy atom. The Hall–Kier alpha value is -1.76. The van der Waals surface area contributed by atoms with Crippen LogP contribution in [0.25, 0.3) is 0 Å². The fourth-order valence-electron chi connectivity index (χ4n) is 1.73. The molecule has 1 amide bonds. The van der Waals surface area contributed by atoms with Crippen molar-refractivity contribution in [3.63, 3.8) is 0 Å². The number of nitrogens with one attached hydrogen (secondary N) is 1. The van der Waals surface area contributed by atoms with E-state index in [-0.39, 0.29) is 12.5 Å². The molecule has 2 aromatic rings. The molecule has 1 heterocycles. The standard InChI is InChI=1S/C16H17ClN2O3S/c1-11(20)19-12-4-6-14(7-5-12)22-9-13(21)10-23-16-15(17)3-2-8-18-16/h2-8,13,21H,9-10H2,1H3,(H,19,20). The minimum Gasteiger partial charge on any atom is -0.491 e. The lowest BCUT2D eigenvalue weighted by molar-refractivity contribution is -0.114. The number of ether oxygens (including phenoxy) is 1. The molecule has 0 bridgehead atoms. The zero-order chi connectivity index (χ0) is 16.7. The van der Waals surface area contributed by atoms with Crippen LogP contribution in [0.3, 0.4) is 0 Å². The average molecular weight is 353 g/mol. The van der Waals surface area contributed by atoms with Gasteiger partial charge in [0.15, 0.2) is 0 Å². The van der Waals surface area contributed by atoms with Gasteiger partial charge in [0, 0.05) is 24.6 Å². The van der Waals surface area contributed by atoms with Crippen molar-refractivity contribution in [2.75, 3.05) is 17.7 Å². The van der Waals surface area contributed by atoms with E-state index in [1.807, 2.05) is 0 Å². The van der Waals surface area contributed by atoms with Gasteiger partial charge in [-0.3, -0.25) is 4.79 Å². The highest BCUT2D eigenvalue weighted by Gasteiger charge is 2.09.